The summed E-state index contributed by atoms with van der Waals surface area (Å²) in [6, 6.07) is 1.26. The van der Waals surface area contributed by atoms with Crippen LogP contribution in [0.2, 0.25) is 0 Å². The number of aliphatic hydroxyl groups excluding tert-OH is 1. The maximum atomic E-state index is 12.6. The summed E-state index contributed by atoms with van der Waals surface area (Å²) in [5, 5.41) is 13.1. The predicted octanol–water partition coefficient (Wildman–Crippen LogP) is 1.42. The summed E-state index contributed by atoms with van der Waals surface area (Å²) < 4.78 is 0. The van der Waals surface area contributed by atoms with Gasteiger partial charge in [-0.05, 0) is 50.4 Å². The minimum Gasteiger partial charge on any atom is -0.391 e. The Balaban J connectivity index is 1.38. The molecule has 3 unspecified atom stereocenters. The number of carbonyl (C=O) groups is 1. The normalized spacial score (nSPS) is 39.6. The number of rotatable bonds is 2. The van der Waals surface area contributed by atoms with Gasteiger partial charge in [0.1, 0.15) is 0 Å². The summed E-state index contributed by atoms with van der Waals surface area (Å²) >= 11 is 0. The highest BCUT2D eigenvalue weighted by Gasteiger charge is 2.44. The van der Waals surface area contributed by atoms with Gasteiger partial charge in [0.2, 0.25) is 0 Å². The number of hydrogen-bond donors (Lipinski definition) is 2. The number of piperidine rings is 2. The van der Waals surface area contributed by atoms with Crippen LogP contribution in [0.3, 0.4) is 0 Å². The molecule has 0 spiro atoms. The Bertz CT molecular complexity index is 412. The smallest absolute Gasteiger partial charge is 0.317 e. The van der Waals surface area contributed by atoms with Crippen molar-refractivity contribution in [1.29, 1.82) is 0 Å². The average Bonchev–Trinajstić information content (AvgIpc) is 3.31. The van der Waals surface area contributed by atoms with Gasteiger partial charge in [0.05, 0.1) is 6.10 Å². The highest BCUT2D eigenvalue weighted by atomic mass is 16.3. The molecule has 2 N–H and O–H groups in total. The predicted molar refractivity (Wildman–Crippen MR) is 84.6 cm³/mol. The molecule has 5 nitrogen and oxygen atoms in total. The molecule has 124 valence electrons. The molecule has 2 heterocycles. The molecular formula is C17H29N3O2. The first-order valence-corrected chi connectivity index (χ1v) is 9.18. The van der Waals surface area contributed by atoms with Crippen LogP contribution < -0.4 is 5.32 Å². The van der Waals surface area contributed by atoms with Gasteiger partial charge in [-0.15, -0.1) is 0 Å². The van der Waals surface area contributed by atoms with Crippen LogP contribution in [0.1, 0.15) is 44.9 Å². The molecule has 2 bridgehead atoms. The van der Waals surface area contributed by atoms with E-state index >= 15 is 0 Å². The van der Waals surface area contributed by atoms with Crippen molar-refractivity contribution in [2.24, 2.45) is 11.8 Å². The van der Waals surface area contributed by atoms with Gasteiger partial charge in [0, 0.05) is 38.3 Å². The minimum atomic E-state index is -0.337. The standard InChI is InChI=1S/C17H29N3O2/c21-15-5-2-8-19(11-15)17(22)18-16-12-3-1-4-13(16)10-20(9-12)14-6-7-14/h12-16,21H,1-11H2,(H,18,22). The van der Waals surface area contributed by atoms with E-state index in [-0.39, 0.29) is 12.1 Å². The second-order valence-corrected chi connectivity index (χ2v) is 7.85. The van der Waals surface area contributed by atoms with Gasteiger partial charge in [0.15, 0.2) is 0 Å². The lowest BCUT2D eigenvalue weighted by molar-refractivity contribution is 0.0387. The lowest BCUT2D eigenvalue weighted by Crippen LogP contribution is -2.61. The maximum Gasteiger partial charge on any atom is 0.317 e. The monoisotopic (exact) mass is 307 g/mol. The van der Waals surface area contributed by atoms with E-state index in [0.29, 0.717) is 24.4 Å². The fraction of sp³-hybridized carbons (Fsp3) is 0.941. The summed E-state index contributed by atoms with van der Waals surface area (Å²) in [5.74, 6) is 1.26. The van der Waals surface area contributed by atoms with Crippen LogP contribution in [0.25, 0.3) is 0 Å². The van der Waals surface area contributed by atoms with Gasteiger partial charge < -0.3 is 15.3 Å². The van der Waals surface area contributed by atoms with Crippen molar-refractivity contribution >= 4 is 6.03 Å². The zero-order chi connectivity index (χ0) is 15.1. The first kappa shape index (κ1) is 14.8. The van der Waals surface area contributed by atoms with Crippen molar-refractivity contribution in [3.8, 4) is 0 Å². The molecule has 4 fully saturated rings. The Kier molecular flexibility index (Phi) is 4.03. The molecule has 0 aromatic rings. The second-order valence-electron chi connectivity index (χ2n) is 7.85. The number of fused-ring (bicyclic) bond motifs is 2. The number of urea groups is 1. The summed E-state index contributed by atoms with van der Waals surface area (Å²) in [6.07, 6.45) is 8.00. The zero-order valence-corrected chi connectivity index (χ0v) is 13.4. The number of nitrogens with one attached hydrogen (secondary N) is 1. The minimum absolute atomic E-state index is 0.0560. The largest absolute Gasteiger partial charge is 0.391 e. The highest BCUT2D eigenvalue weighted by Crippen LogP contribution is 2.39. The third-order valence-corrected chi connectivity index (χ3v) is 6.14. The van der Waals surface area contributed by atoms with Crippen LogP contribution in [-0.2, 0) is 0 Å². The molecule has 2 saturated heterocycles. The van der Waals surface area contributed by atoms with E-state index in [1.54, 1.807) is 0 Å². The Morgan fingerprint density at radius 1 is 0.955 bits per heavy atom. The van der Waals surface area contributed by atoms with Crippen LogP contribution >= 0.6 is 0 Å². The maximum absolute atomic E-state index is 12.6. The molecule has 4 rings (SSSR count). The Labute approximate surface area is 133 Å². The number of β-amino-alcohol motifs (C(OH)–C–C–N with tert-alkyl or cyclic N) is 1. The van der Waals surface area contributed by atoms with E-state index in [0.717, 1.165) is 25.4 Å². The Hall–Kier alpha value is -0.810. The van der Waals surface area contributed by atoms with Gasteiger partial charge in [-0.2, -0.15) is 0 Å². The first-order chi connectivity index (χ1) is 10.7. The topological polar surface area (TPSA) is 55.8 Å². The molecule has 3 atom stereocenters. The van der Waals surface area contributed by atoms with Crippen LogP contribution in [-0.4, -0.2) is 65.3 Å². The highest BCUT2D eigenvalue weighted by molar-refractivity contribution is 5.74. The number of likely N-dealkylation sites (tertiary alicyclic amines) is 2. The molecule has 0 aromatic carbocycles. The summed E-state index contributed by atoms with van der Waals surface area (Å²) in [4.78, 5) is 17.1. The van der Waals surface area contributed by atoms with Crippen LogP contribution in [0.4, 0.5) is 4.79 Å². The second kappa shape index (κ2) is 6.00. The molecule has 2 aliphatic carbocycles. The van der Waals surface area contributed by atoms with Gasteiger partial charge in [0.25, 0.3) is 0 Å². The molecular weight excluding hydrogens is 278 g/mol. The van der Waals surface area contributed by atoms with Gasteiger partial charge in [-0.25, -0.2) is 4.79 Å². The number of hydrogen-bond acceptors (Lipinski definition) is 3. The van der Waals surface area contributed by atoms with E-state index in [1.807, 2.05) is 4.90 Å². The third-order valence-electron chi connectivity index (χ3n) is 6.14. The van der Waals surface area contributed by atoms with Crippen molar-refractivity contribution in [3.63, 3.8) is 0 Å². The van der Waals surface area contributed by atoms with Crippen molar-refractivity contribution in [1.82, 2.24) is 15.1 Å². The van der Waals surface area contributed by atoms with Gasteiger partial charge in [-0.3, -0.25) is 4.90 Å². The average molecular weight is 307 g/mol. The number of amides is 2. The van der Waals surface area contributed by atoms with Gasteiger partial charge >= 0.3 is 6.03 Å². The molecule has 0 aromatic heterocycles. The summed E-state index contributed by atoms with van der Waals surface area (Å²) in [5.41, 5.74) is 0. The molecule has 4 aliphatic rings. The Morgan fingerprint density at radius 2 is 1.68 bits per heavy atom. The number of aliphatic hydroxyl groups is 1. The lowest BCUT2D eigenvalue weighted by Gasteiger charge is -2.48. The van der Waals surface area contributed by atoms with Crippen molar-refractivity contribution < 1.29 is 9.90 Å². The molecule has 0 radical (unpaired) electrons. The van der Waals surface area contributed by atoms with Crippen LogP contribution in [0.5, 0.6) is 0 Å². The van der Waals surface area contributed by atoms with Crippen molar-refractivity contribution in [3.05, 3.63) is 0 Å². The molecule has 2 aliphatic heterocycles. The lowest BCUT2D eigenvalue weighted by atomic mass is 9.73. The summed E-state index contributed by atoms with van der Waals surface area (Å²) in [6.45, 7) is 3.64. The zero-order valence-electron chi connectivity index (χ0n) is 13.4. The quantitative estimate of drug-likeness (QED) is 0.811. The SMILES string of the molecule is O=C(NC1C2CCCC1CN(C1CC1)C2)N1CCCC(O)C1. The molecule has 2 saturated carbocycles. The van der Waals surface area contributed by atoms with Crippen molar-refractivity contribution in [2.75, 3.05) is 26.2 Å². The fourth-order valence-electron chi connectivity index (χ4n) is 4.82. The van der Waals surface area contributed by atoms with Crippen molar-refractivity contribution in [2.45, 2.75) is 63.1 Å². The molecule has 22 heavy (non-hydrogen) atoms. The first-order valence-electron chi connectivity index (χ1n) is 9.18. The third kappa shape index (κ3) is 2.98. The fourth-order valence-corrected chi connectivity index (χ4v) is 4.82. The van der Waals surface area contributed by atoms with E-state index in [1.165, 1.54) is 45.2 Å². The van der Waals surface area contributed by atoms with E-state index < -0.39 is 0 Å². The van der Waals surface area contributed by atoms with Crippen LogP contribution in [0, 0.1) is 11.8 Å². The Morgan fingerprint density at radius 3 is 2.32 bits per heavy atom. The van der Waals surface area contributed by atoms with E-state index in [9.17, 15) is 9.90 Å². The van der Waals surface area contributed by atoms with Crippen LogP contribution in [0.15, 0.2) is 0 Å². The number of carbonyl (C=O) groups excluding carboxylic acids is 1. The number of nitrogens with zero attached hydrogens (tertiary/aromatic N) is 2. The van der Waals surface area contributed by atoms with Gasteiger partial charge in [-0.1, -0.05) is 6.42 Å². The van der Waals surface area contributed by atoms with E-state index in [2.05, 4.69) is 10.2 Å². The molecule has 2 amide bonds. The summed E-state index contributed by atoms with van der Waals surface area (Å²) in [7, 11) is 0. The van der Waals surface area contributed by atoms with E-state index in [4.69, 9.17) is 0 Å². The molecule has 5 heteroatoms.